The Balaban J connectivity index is 1.48. The predicted molar refractivity (Wildman–Crippen MR) is 121 cm³/mol. The minimum atomic E-state index is -0.0427. The fourth-order valence-electron chi connectivity index (χ4n) is 4.91. The van der Waals surface area contributed by atoms with E-state index in [0.717, 1.165) is 33.3 Å². The van der Waals surface area contributed by atoms with Crippen molar-refractivity contribution in [3.05, 3.63) is 96.1 Å². The zero-order valence-corrected chi connectivity index (χ0v) is 16.5. The van der Waals surface area contributed by atoms with E-state index >= 15 is 0 Å². The Kier molecular flexibility index (Phi) is 3.25. The molecule has 29 heavy (non-hydrogen) atoms. The van der Waals surface area contributed by atoms with Gasteiger partial charge in [0.25, 0.3) is 0 Å². The number of rotatable bonds is 2. The van der Waals surface area contributed by atoms with Crippen LogP contribution >= 0.6 is 0 Å². The van der Waals surface area contributed by atoms with Crippen LogP contribution in [-0.2, 0) is 5.41 Å². The van der Waals surface area contributed by atoms with Crippen molar-refractivity contribution in [3.63, 3.8) is 0 Å². The fraction of sp³-hybridized carbons (Fsp3) is 0.111. The number of para-hydroxylation sites is 1. The first-order valence-electron chi connectivity index (χ1n) is 10.0. The van der Waals surface area contributed by atoms with E-state index in [2.05, 4.69) is 92.0 Å². The number of fused-ring (bicyclic) bond motifs is 6. The van der Waals surface area contributed by atoms with Crippen LogP contribution in [0.5, 0.6) is 0 Å². The third kappa shape index (κ3) is 2.29. The Morgan fingerprint density at radius 3 is 2.38 bits per heavy atom. The lowest BCUT2D eigenvalue weighted by Crippen LogP contribution is -2.16. The summed E-state index contributed by atoms with van der Waals surface area (Å²) in [5.74, 6) is 0. The normalized spacial score (nSPS) is 14.1. The van der Waals surface area contributed by atoms with Gasteiger partial charge in [-0.1, -0.05) is 68.4 Å². The molecular weight excluding hydrogens is 354 g/mol. The van der Waals surface area contributed by atoms with Gasteiger partial charge >= 0.3 is 0 Å². The van der Waals surface area contributed by atoms with Gasteiger partial charge in [-0.25, -0.2) is 0 Å². The van der Waals surface area contributed by atoms with Gasteiger partial charge in [0, 0.05) is 33.6 Å². The van der Waals surface area contributed by atoms with E-state index in [1.807, 2.05) is 12.1 Å². The summed E-state index contributed by atoms with van der Waals surface area (Å²) in [6, 6.07) is 29.9. The van der Waals surface area contributed by atoms with Crippen molar-refractivity contribution in [3.8, 4) is 11.1 Å². The second kappa shape index (κ2) is 5.74. The van der Waals surface area contributed by atoms with Gasteiger partial charge in [-0.3, -0.25) is 0 Å². The molecule has 1 N–H and O–H groups in total. The standard InChI is InChI=1S/C27H21NO/c1-27(2)22-11-5-3-8-18(22)21-10-7-12-23(26(21)27)28-17-14-15-20-19-9-4-6-13-24(19)29-25(20)16-17/h3-16,28H,1-2H3. The molecule has 0 saturated heterocycles. The number of hydrogen-bond donors (Lipinski definition) is 1. The summed E-state index contributed by atoms with van der Waals surface area (Å²) in [5.41, 5.74) is 9.38. The number of benzene rings is 4. The molecule has 2 nitrogen and oxygen atoms in total. The second-order valence-corrected chi connectivity index (χ2v) is 8.33. The maximum absolute atomic E-state index is 6.08. The summed E-state index contributed by atoms with van der Waals surface area (Å²) in [5, 5.41) is 5.98. The van der Waals surface area contributed by atoms with Crippen LogP contribution in [0.25, 0.3) is 33.1 Å². The molecule has 2 heteroatoms. The highest BCUT2D eigenvalue weighted by molar-refractivity contribution is 6.05. The van der Waals surface area contributed by atoms with Crippen LogP contribution in [0.4, 0.5) is 11.4 Å². The lowest BCUT2D eigenvalue weighted by Gasteiger charge is -2.24. The molecule has 1 aliphatic rings. The molecule has 0 unspecified atom stereocenters. The molecule has 0 fully saturated rings. The minimum Gasteiger partial charge on any atom is -0.456 e. The molecule has 0 bridgehead atoms. The number of furan rings is 1. The quantitative estimate of drug-likeness (QED) is 0.343. The molecular formula is C27H21NO. The average Bonchev–Trinajstić information content (AvgIpc) is 3.21. The molecule has 4 aromatic carbocycles. The Bertz CT molecular complexity index is 1410. The third-order valence-corrected chi connectivity index (χ3v) is 6.24. The van der Waals surface area contributed by atoms with E-state index in [1.54, 1.807) is 0 Å². The van der Waals surface area contributed by atoms with Gasteiger partial charge in [-0.2, -0.15) is 0 Å². The minimum absolute atomic E-state index is 0.0427. The maximum atomic E-state index is 6.08. The molecule has 0 saturated carbocycles. The van der Waals surface area contributed by atoms with Gasteiger partial charge < -0.3 is 9.73 Å². The second-order valence-electron chi connectivity index (χ2n) is 8.33. The van der Waals surface area contributed by atoms with Crippen LogP contribution < -0.4 is 5.32 Å². The van der Waals surface area contributed by atoms with Crippen LogP contribution in [0.3, 0.4) is 0 Å². The molecule has 0 aliphatic heterocycles. The first kappa shape index (κ1) is 16.4. The summed E-state index contributed by atoms with van der Waals surface area (Å²) >= 11 is 0. The summed E-state index contributed by atoms with van der Waals surface area (Å²) in [4.78, 5) is 0. The molecule has 140 valence electrons. The highest BCUT2D eigenvalue weighted by Gasteiger charge is 2.37. The third-order valence-electron chi connectivity index (χ3n) is 6.24. The summed E-state index contributed by atoms with van der Waals surface area (Å²) < 4.78 is 6.08. The van der Waals surface area contributed by atoms with E-state index in [1.165, 1.54) is 22.3 Å². The monoisotopic (exact) mass is 375 g/mol. The van der Waals surface area contributed by atoms with Crippen LogP contribution in [0.2, 0.25) is 0 Å². The van der Waals surface area contributed by atoms with Crippen molar-refractivity contribution in [2.45, 2.75) is 19.3 Å². The van der Waals surface area contributed by atoms with E-state index in [4.69, 9.17) is 4.42 Å². The summed E-state index contributed by atoms with van der Waals surface area (Å²) in [6.45, 7) is 4.62. The van der Waals surface area contributed by atoms with E-state index in [0.29, 0.717) is 0 Å². The van der Waals surface area contributed by atoms with Gasteiger partial charge in [0.2, 0.25) is 0 Å². The molecule has 6 rings (SSSR count). The molecule has 1 aliphatic carbocycles. The van der Waals surface area contributed by atoms with Crippen molar-refractivity contribution >= 4 is 33.3 Å². The zero-order valence-electron chi connectivity index (χ0n) is 16.5. The van der Waals surface area contributed by atoms with Crippen LogP contribution in [0.1, 0.15) is 25.0 Å². The number of hydrogen-bond acceptors (Lipinski definition) is 2. The van der Waals surface area contributed by atoms with Gasteiger partial charge in [0.1, 0.15) is 11.2 Å². The maximum Gasteiger partial charge on any atom is 0.137 e. The molecule has 0 spiro atoms. The summed E-state index contributed by atoms with van der Waals surface area (Å²) in [6.07, 6.45) is 0. The van der Waals surface area contributed by atoms with Crippen molar-refractivity contribution < 1.29 is 4.42 Å². The van der Waals surface area contributed by atoms with E-state index < -0.39 is 0 Å². The molecule has 0 radical (unpaired) electrons. The van der Waals surface area contributed by atoms with E-state index in [9.17, 15) is 0 Å². The fourth-order valence-corrected chi connectivity index (χ4v) is 4.91. The molecule has 5 aromatic rings. The highest BCUT2D eigenvalue weighted by Crippen LogP contribution is 2.51. The first-order valence-corrected chi connectivity index (χ1v) is 10.0. The first-order chi connectivity index (χ1) is 14.1. The predicted octanol–water partition coefficient (Wildman–Crippen LogP) is 7.64. The molecule has 1 aromatic heterocycles. The van der Waals surface area contributed by atoms with Gasteiger partial charge in [0.15, 0.2) is 0 Å². The number of anilines is 2. The Morgan fingerprint density at radius 1 is 0.690 bits per heavy atom. The SMILES string of the molecule is CC1(C)c2ccccc2-c2cccc(Nc3ccc4c(c3)oc3ccccc34)c21. The van der Waals surface area contributed by atoms with Crippen molar-refractivity contribution in [2.24, 2.45) is 0 Å². The largest absolute Gasteiger partial charge is 0.456 e. The lowest BCUT2D eigenvalue weighted by atomic mass is 9.81. The zero-order chi connectivity index (χ0) is 19.6. The van der Waals surface area contributed by atoms with Crippen LogP contribution in [0.15, 0.2) is 89.3 Å². The smallest absolute Gasteiger partial charge is 0.137 e. The molecule has 0 amide bonds. The Labute approximate surface area is 169 Å². The van der Waals surface area contributed by atoms with Crippen molar-refractivity contribution in [1.82, 2.24) is 0 Å². The van der Waals surface area contributed by atoms with E-state index in [-0.39, 0.29) is 5.41 Å². The molecule has 1 heterocycles. The number of nitrogens with one attached hydrogen (secondary N) is 1. The van der Waals surface area contributed by atoms with Crippen molar-refractivity contribution in [1.29, 1.82) is 0 Å². The Hall–Kier alpha value is -3.52. The van der Waals surface area contributed by atoms with Gasteiger partial charge in [-0.15, -0.1) is 0 Å². The van der Waals surface area contributed by atoms with Gasteiger partial charge in [-0.05, 0) is 46.5 Å². The topological polar surface area (TPSA) is 25.2 Å². The van der Waals surface area contributed by atoms with Gasteiger partial charge in [0.05, 0.1) is 0 Å². The summed E-state index contributed by atoms with van der Waals surface area (Å²) in [7, 11) is 0. The lowest BCUT2D eigenvalue weighted by molar-refractivity contribution is 0.662. The van der Waals surface area contributed by atoms with Crippen LogP contribution in [-0.4, -0.2) is 0 Å². The van der Waals surface area contributed by atoms with Crippen LogP contribution in [0, 0.1) is 0 Å². The Morgan fingerprint density at radius 2 is 1.45 bits per heavy atom. The highest BCUT2D eigenvalue weighted by atomic mass is 16.3. The average molecular weight is 375 g/mol. The van der Waals surface area contributed by atoms with Crippen molar-refractivity contribution in [2.75, 3.05) is 5.32 Å². The molecule has 0 atom stereocenters.